The Labute approximate surface area is 204 Å². The largest absolute Gasteiger partial charge is 0.444 e. The van der Waals surface area contributed by atoms with Crippen molar-refractivity contribution < 1.29 is 9.53 Å². The van der Waals surface area contributed by atoms with Gasteiger partial charge in [0.25, 0.3) is 0 Å². The summed E-state index contributed by atoms with van der Waals surface area (Å²) in [4.78, 5) is 14.5. The van der Waals surface area contributed by atoms with Crippen molar-refractivity contribution in [2.45, 2.75) is 70.4 Å². The smallest absolute Gasteiger partial charge is 0.410 e. The predicted octanol–water partition coefficient (Wildman–Crippen LogP) is 5.46. The molecule has 5 nitrogen and oxygen atoms in total. The first-order chi connectivity index (χ1) is 16.3. The van der Waals surface area contributed by atoms with Gasteiger partial charge in [0.05, 0.1) is 12.5 Å². The van der Waals surface area contributed by atoms with Crippen molar-refractivity contribution in [1.82, 2.24) is 10.2 Å². The molecule has 1 N–H and O–H groups in total. The number of amides is 1. The summed E-state index contributed by atoms with van der Waals surface area (Å²) in [5.74, 6) is 0.602. The topological polar surface area (TPSA) is 65.4 Å². The van der Waals surface area contributed by atoms with Crippen molar-refractivity contribution in [3.63, 3.8) is 0 Å². The molecule has 1 saturated heterocycles. The van der Waals surface area contributed by atoms with E-state index in [0.29, 0.717) is 18.4 Å². The highest BCUT2D eigenvalue weighted by molar-refractivity contribution is 5.68. The predicted molar refractivity (Wildman–Crippen MR) is 135 cm³/mol. The molecular formula is C29H37N3O2. The monoisotopic (exact) mass is 459 g/mol. The molecule has 5 heteroatoms. The Morgan fingerprint density at radius 1 is 1.09 bits per heavy atom. The summed E-state index contributed by atoms with van der Waals surface area (Å²) in [6.07, 6.45) is 4.29. The average molecular weight is 460 g/mol. The van der Waals surface area contributed by atoms with Gasteiger partial charge in [-0.3, -0.25) is 0 Å². The molecule has 1 amide bonds. The molecule has 180 valence electrons. The number of rotatable bonds is 7. The van der Waals surface area contributed by atoms with Gasteiger partial charge in [-0.15, -0.1) is 0 Å². The molecule has 2 aromatic carbocycles. The second kappa shape index (κ2) is 10.2. The van der Waals surface area contributed by atoms with Crippen LogP contribution in [0.15, 0.2) is 54.6 Å². The summed E-state index contributed by atoms with van der Waals surface area (Å²) in [5.41, 5.74) is 3.39. The third kappa shape index (κ3) is 6.39. The van der Waals surface area contributed by atoms with Crippen molar-refractivity contribution in [3.05, 3.63) is 71.3 Å². The first-order valence-electron chi connectivity index (χ1n) is 12.5. The number of carbonyl (C=O) groups excluding carboxylic acids is 1. The van der Waals surface area contributed by atoms with Gasteiger partial charge in [-0.1, -0.05) is 54.6 Å². The first-order valence-corrected chi connectivity index (χ1v) is 12.5. The van der Waals surface area contributed by atoms with Crippen molar-refractivity contribution >= 4 is 6.09 Å². The fourth-order valence-corrected chi connectivity index (χ4v) is 5.04. The van der Waals surface area contributed by atoms with Crippen LogP contribution in [0.1, 0.15) is 62.6 Å². The number of nitriles is 1. The van der Waals surface area contributed by atoms with E-state index in [1.165, 1.54) is 17.5 Å². The maximum atomic E-state index is 12.6. The van der Waals surface area contributed by atoms with Crippen LogP contribution < -0.4 is 5.32 Å². The van der Waals surface area contributed by atoms with E-state index in [2.05, 4.69) is 66.0 Å². The molecule has 2 fully saturated rings. The van der Waals surface area contributed by atoms with Gasteiger partial charge < -0.3 is 15.0 Å². The molecule has 0 bridgehead atoms. The Morgan fingerprint density at radius 3 is 2.35 bits per heavy atom. The fourth-order valence-electron chi connectivity index (χ4n) is 5.04. The van der Waals surface area contributed by atoms with Gasteiger partial charge in [0.15, 0.2) is 0 Å². The van der Waals surface area contributed by atoms with E-state index in [1.807, 2.05) is 25.7 Å². The molecule has 2 aromatic rings. The van der Waals surface area contributed by atoms with Crippen LogP contribution in [0.5, 0.6) is 0 Å². The quantitative estimate of drug-likeness (QED) is 0.597. The molecule has 1 aliphatic carbocycles. The lowest BCUT2D eigenvalue weighted by Gasteiger charge is -2.42. The number of ether oxygens (including phenoxy) is 1. The number of hydrogen-bond donors (Lipinski definition) is 1. The lowest BCUT2D eigenvalue weighted by Crippen LogP contribution is -2.49. The Hall–Kier alpha value is -2.84. The SMILES string of the molecule is CC(C)(C)OC(=O)N1CCC(CN[C@@H]2C[C@@H]2c2ccccc2)(Cc2ccc(CC#N)cc2)CC1. The maximum Gasteiger partial charge on any atom is 0.410 e. The Bertz CT molecular complexity index is 996. The minimum absolute atomic E-state index is 0.0963. The van der Waals surface area contributed by atoms with E-state index in [9.17, 15) is 4.79 Å². The zero-order valence-corrected chi connectivity index (χ0v) is 20.7. The van der Waals surface area contributed by atoms with E-state index >= 15 is 0 Å². The van der Waals surface area contributed by atoms with E-state index in [4.69, 9.17) is 10.00 Å². The molecule has 0 spiro atoms. The Morgan fingerprint density at radius 2 is 1.74 bits per heavy atom. The second-order valence-electron chi connectivity index (χ2n) is 11.0. The van der Waals surface area contributed by atoms with Crippen LogP contribution in [0.25, 0.3) is 0 Å². The molecule has 34 heavy (non-hydrogen) atoms. The molecule has 4 rings (SSSR count). The number of hydrogen-bond acceptors (Lipinski definition) is 4. The summed E-state index contributed by atoms with van der Waals surface area (Å²) < 4.78 is 5.62. The minimum atomic E-state index is -0.475. The normalized spacial score (nSPS) is 21.5. The third-order valence-corrected chi connectivity index (χ3v) is 7.12. The van der Waals surface area contributed by atoms with Crippen LogP contribution in [0, 0.1) is 16.7 Å². The summed E-state index contributed by atoms with van der Waals surface area (Å²) in [5, 5.41) is 12.8. The van der Waals surface area contributed by atoms with Crippen molar-refractivity contribution in [3.8, 4) is 6.07 Å². The van der Waals surface area contributed by atoms with Gasteiger partial charge in [0.2, 0.25) is 0 Å². The third-order valence-electron chi connectivity index (χ3n) is 7.12. The molecule has 0 unspecified atom stereocenters. The second-order valence-corrected chi connectivity index (χ2v) is 11.0. The number of carbonyl (C=O) groups is 1. The molecule has 1 aliphatic heterocycles. The number of benzene rings is 2. The van der Waals surface area contributed by atoms with E-state index in [-0.39, 0.29) is 11.5 Å². The average Bonchev–Trinajstić information content (AvgIpc) is 3.59. The Kier molecular flexibility index (Phi) is 7.28. The minimum Gasteiger partial charge on any atom is -0.444 e. The van der Waals surface area contributed by atoms with Gasteiger partial charge in [0, 0.05) is 31.6 Å². The number of likely N-dealkylation sites (tertiary alicyclic amines) is 1. The van der Waals surface area contributed by atoms with Crippen LogP contribution in [0.4, 0.5) is 4.79 Å². The summed E-state index contributed by atoms with van der Waals surface area (Å²) in [6, 6.07) is 22.0. The summed E-state index contributed by atoms with van der Waals surface area (Å²) in [6.45, 7) is 8.13. The van der Waals surface area contributed by atoms with Gasteiger partial charge in [0.1, 0.15) is 5.60 Å². The highest BCUT2D eigenvalue weighted by Crippen LogP contribution is 2.42. The molecule has 1 heterocycles. The zero-order chi connectivity index (χ0) is 24.2. The van der Waals surface area contributed by atoms with Crippen molar-refractivity contribution in [2.75, 3.05) is 19.6 Å². The lowest BCUT2D eigenvalue weighted by molar-refractivity contribution is 0.00991. The molecule has 0 aromatic heterocycles. The highest BCUT2D eigenvalue weighted by Gasteiger charge is 2.42. The lowest BCUT2D eigenvalue weighted by atomic mass is 9.73. The zero-order valence-electron chi connectivity index (χ0n) is 20.7. The van der Waals surface area contributed by atoms with E-state index in [1.54, 1.807) is 0 Å². The van der Waals surface area contributed by atoms with Crippen LogP contribution in [0.3, 0.4) is 0 Å². The standard InChI is InChI=1S/C29H37N3O2/c1-28(2,3)34-27(33)32-17-14-29(15-18-32,20-23-11-9-22(10-12-23)13-16-30)21-31-26-19-25(26)24-7-5-4-6-8-24/h4-12,25-26,31H,13-15,17-21H2,1-3H3/t25-,26-/m1/s1. The Balaban J connectivity index is 1.41. The molecule has 1 saturated carbocycles. The van der Waals surface area contributed by atoms with Crippen molar-refractivity contribution in [2.24, 2.45) is 5.41 Å². The van der Waals surface area contributed by atoms with Crippen LogP contribution in [-0.4, -0.2) is 42.3 Å². The fraction of sp³-hybridized carbons (Fsp3) is 0.517. The van der Waals surface area contributed by atoms with Crippen LogP contribution in [0.2, 0.25) is 0 Å². The van der Waals surface area contributed by atoms with Gasteiger partial charge in [-0.25, -0.2) is 4.79 Å². The van der Waals surface area contributed by atoms with Crippen LogP contribution >= 0.6 is 0 Å². The first kappa shape index (κ1) is 24.3. The molecular weight excluding hydrogens is 422 g/mol. The molecule has 2 aliphatic rings. The van der Waals surface area contributed by atoms with Gasteiger partial charge in [-0.05, 0) is 68.6 Å². The van der Waals surface area contributed by atoms with Gasteiger partial charge in [-0.2, -0.15) is 5.26 Å². The summed E-state index contributed by atoms with van der Waals surface area (Å²) >= 11 is 0. The summed E-state index contributed by atoms with van der Waals surface area (Å²) in [7, 11) is 0. The van der Waals surface area contributed by atoms with E-state index < -0.39 is 5.60 Å². The van der Waals surface area contributed by atoms with Crippen LogP contribution in [-0.2, 0) is 17.6 Å². The number of nitrogens with zero attached hydrogens (tertiary/aromatic N) is 2. The maximum absolute atomic E-state index is 12.6. The van der Waals surface area contributed by atoms with Crippen molar-refractivity contribution in [1.29, 1.82) is 5.26 Å². The van der Waals surface area contributed by atoms with E-state index in [0.717, 1.165) is 44.5 Å². The number of piperidine rings is 1. The highest BCUT2D eigenvalue weighted by atomic mass is 16.6. The number of nitrogens with one attached hydrogen (secondary N) is 1. The van der Waals surface area contributed by atoms with Gasteiger partial charge >= 0.3 is 6.09 Å². The molecule has 2 atom stereocenters. The molecule has 0 radical (unpaired) electrons.